The third-order valence-electron chi connectivity index (χ3n) is 2.86. The highest BCUT2D eigenvalue weighted by Gasteiger charge is 2.22. The predicted octanol–water partition coefficient (Wildman–Crippen LogP) is 1.92. The minimum atomic E-state index is 0.383. The Morgan fingerprint density at radius 2 is 2.44 bits per heavy atom. The molecule has 5 heteroatoms. The molecule has 1 aliphatic rings. The first-order chi connectivity index (χ1) is 7.86. The molecule has 0 amide bonds. The van der Waals surface area contributed by atoms with Crippen molar-refractivity contribution in [2.24, 2.45) is 0 Å². The number of rotatable bonds is 1. The van der Waals surface area contributed by atoms with Crippen molar-refractivity contribution in [3.05, 3.63) is 17.8 Å². The second kappa shape index (κ2) is 3.99. The number of fused-ring (bicyclic) bond motifs is 1. The van der Waals surface area contributed by atoms with Crippen molar-refractivity contribution in [1.29, 1.82) is 0 Å². The van der Waals surface area contributed by atoms with Crippen LogP contribution in [0.15, 0.2) is 17.8 Å². The molecule has 0 saturated carbocycles. The van der Waals surface area contributed by atoms with E-state index in [9.17, 15) is 0 Å². The quantitative estimate of drug-likeness (QED) is 0.757. The summed E-state index contributed by atoms with van der Waals surface area (Å²) in [5.41, 5.74) is 1.04. The van der Waals surface area contributed by atoms with Crippen LogP contribution in [0, 0.1) is 0 Å². The first kappa shape index (κ1) is 9.99. The van der Waals surface area contributed by atoms with Crippen LogP contribution >= 0.6 is 11.3 Å². The maximum absolute atomic E-state index is 5.45. The molecule has 0 unspecified atom stereocenters. The van der Waals surface area contributed by atoms with E-state index in [2.05, 4.69) is 27.2 Å². The van der Waals surface area contributed by atoms with Gasteiger partial charge < -0.3 is 9.64 Å². The van der Waals surface area contributed by atoms with Gasteiger partial charge in [0.25, 0.3) is 0 Å². The van der Waals surface area contributed by atoms with Crippen molar-refractivity contribution in [2.75, 3.05) is 24.7 Å². The summed E-state index contributed by atoms with van der Waals surface area (Å²) in [5, 5.41) is 2.06. The first-order valence-corrected chi connectivity index (χ1v) is 6.27. The van der Waals surface area contributed by atoms with Crippen LogP contribution in [0.1, 0.15) is 6.92 Å². The van der Waals surface area contributed by atoms with E-state index in [0.717, 1.165) is 31.1 Å². The molecule has 1 aliphatic heterocycles. The number of nitrogens with zero attached hydrogens (tertiary/aromatic N) is 3. The normalized spacial score (nSPS) is 21.6. The molecule has 1 atom stereocenters. The van der Waals surface area contributed by atoms with E-state index in [-0.39, 0.29) is 0 Å². The lowest BCUT2D eigenvalue weighted by molar-refractivity contribution is 0.0987. The third kappa shape index (κ3) is 1.56. The predicted molar refractivity (Wildman–Crippen MR) is 65.0 cm³/mol. The SMILES string of the molecule is C[C@H]1COCCN1c1ncnc2ccsc12. The molecule has 0 spiro atoms. The average Bonchev–Trinajstić information content (AvgIpc) is 2.77. The van der Waals surface area contributed by atoms with Gasteiger partial charge in [-0.25, -0.2) is 9.97 Å². The van der Waals surface area contributed by atoms with Gasteiger partial charge in [-0.3, -0.25) is 0 Å². The van der Waals surface area contributed by atoms with E-state index < -0.39 is 0 Å². The van der Waals surface area contributed by atoms with Crippen LogP contribution in [0.2, 0.25) is 0 Å². The molecule has 1 saturated heterocycles. The fourth-order valence-corrected chi connectivity index (χ4v) is 2.87. The number of hydrogen-bond acceptors (Lipinski definition) is 5. The van der Waals surface area contributed by atoms with E-state index in [1.165, 1.54) is 4.70 Å². The van der Waals surface area contributed by atoms with Crippen molar-refractivity contribution in [2.45, 2.75) is 13.0 Å². The fourth-order valence-electron chi connectivity index (χ4n) is 2.02. The Kier molecular flexibility index (Phi) is 2.49. The van der Waals surface area contributed by atoms with Crippen LogP contribution < -0.4 is 4.90 Å². The Morgan fingerprint density at radius 3 is 3.31 bits per heavy atom. The number of anilines is 1. The summed E-state index contributed by atoms with van der Waals surface area (Å²) >= 11 is 1.70. The van der Waals surface area contributed by atoms with Crippen molar-refractivity contribution in [1.82, 2.24) is 9.97 Å². The summed E-state index contributed by atoms with van der Waals surface area (Å²) < 4.78 is 6.62. The fraction of sp³-hybridized carbons (Fsp3) is 0.455. The van der Waals surface area contributed by atoms with Crippen LogP contribution in [-0.2, 0) is 4.74 Å². The molecule has 1 fully saturated rings. The number of morpholine rings is 1. The summed E-state index contributed by atoms with van der Waals surface area (Å²) in [6, 6.07) is 2.42. The maximum Gasteiger partial charge on any atom is 0.150 e. The monoisotopic (exact) mass is 235 g/mol. The number of aromatic nitrogens is 2. The van der Waals surface area contributed by atoms with E-state index in [0.29, 0.717) is 6.04 Å². The zero-order chi connectivity index (χ0) is 11.0. The second-order valence-electron chi connectivity index (χ2n) is 3.95. The van der Waals surface area contributed by atoms with Gasteiger partial charge in [0.05, 0.1) is 29.5 Å². The Hall–Kier alpha value is -1.20. The molecule has 84 valence electrons. The highest BCUT2D eigenvalue weighted by atomic mass is 32.1. The van der Waals surface area contributed by atoms with Gasteiger partial charge in [0, 0.05) is 6.54 Å². The molecular weight excluding hydrogens is 222 g/mol. The summed E-state index contributed by atoms with van der Waals surface area (Å²) in [6.45, 7) is 4.63. The standard InChI is InChI=1S/C11H13N3OS/c1-8-6-15-4-3-14(8)11-10-9(2-5-16-10)12-7-13-11/h2,5,7-8H,3-4,6H2,1H3/t8-/m0/s1. The third-order valence-corrected chi connectivity index (χ3v) is 3.76. The minimum absolute atomic E-state index is 0.383. The number of hydrogen-bond donors (Lipinski definition) is 0. The first-order valence-electron chi connectivity index (χ1n) is 5.39. The Morgan fingerprint density at radius 1 is 1.50 bits per heavy atom. The van der Waals surface area contributed by atoms with Crippen LogP contribution in [0.25, 0.3) is 10.2 Å². The van der Waals surface area contributed by atoms with Crippen LogP contribution in [0.4, 0.5) is 5.82 Å². The minimum Gasteiger partial charge on any atom is -0.377 e. The van der Waals surface area contributed by atoms with Crippen molar-refractivity contribution in [3.63, 3.8) is 0 Å². The van der Waals surface area contributed by atoms with Gasteiger partial charge in [0.1, 0.15) is 12.1 Å². The zero-order valence-corrected chi connectivity index (χ0v) is 9.91. The van der Waals surface area contributed by atoms with Crippen LogP contribution in [-0.4, -0.2) is 35.8 Å². The zero-order valence-electron chi connectivity index (χ0n) is 9.09. The summed E-state index contributed by atoms with van der Waals surface area (Å²) in [7, 11) is 0. The van der Waals surface area contributed by atoms with Gasteiger partial charge in [-0.15, -0.1) is 11.3 Å². The Labute approximate surface area is 97.9 Å². The average molecular weight is 235 g/mol. The molecule has 3 heterocycles. The second-order valence-corrected chi connectivity index (χ2v) is 4.87. The van der Waals surface area contributed by atoms with Gasteiger partial charge in [-0.1, -0.05) is 0 Å². The maximum atomic E-state index is 5.45. The van der Waals surface area contributed by atoms with E-state index >= 15 is 0 Å². The molecule has 0 bridgehead atoms. The van der Waals surface area contributed by atoms with Crippen molar-refractivity contribution in [3.8, 4) is 0 Å². The van der Waals surface area contributed by atoms with Crippen molar-refractivity contribution < 1.29 is 4.74 Å². The molecule has 16 heavy (non-hydrogen) atoms. The number of thiophene rings is 1. The van der Waals surface area contributed by atoms with E-state index in [1.807, 2.05) is 6.07 Å². The number of ether oxygens (including phenoxy) is 1. The summed E-state index contributed by atoms with van der Waals surface area (Å²) in [5.74, 6) is 1.05. The summed E-state index contributed by atoms with van der Waals surface area (Å²) in [6.07, 6.45) is 1.65. The van der Waals surface area contributed by atoms with Gasteiger partial charge in [0.2, 0.25) is 0 Å². The van der Waals surface area contributed by atoms with Crippen LogP contribution in [0.3, 0.4) is 0 Å². The molecule has 2 aromatic heterocycles. The van der Waals surface area contributed by atoms with Gasteiger partial charge >= 0.3 is 0 Å². The topological polar surface area (TPSA) is 38.2 Å². The largest absolute Gasteiger partial charge is 0.377 e. The van der Waals surface area contributed by atoms with Gasteiger partial charge in [-0.2, -0.15) is 0 Å². The summed E-state index contributed by atoms with van der Waals surface area (Å²) in [4.78, 5) is 11.0. The van der Waals surface area contributed by atoms with E-state index in [1.54, 1.807) is 17.7 Å². The molecule has 0 aromatic carbocycles. The van der Waals surface area contributed by atoms with Gasteiger partial charge in [0.15, 0.2) is 0 Å². The molecule has 0 aliphatic carbocycles. The smallest absolute Gasteiger partial charge is 0.150 e. The lowest BCUT2D eigenvalue weighted by atomic mass is 10.2. The lowest BCUT2D eigenvalue weighted by Crippen LogP contribution is -2.44. The van der Waals surface area contributed by atoms with Crippen molar-refractivity contribution >= 4 is 27.4 Å². The molecule has 2 aromatic rings. The molecular formula is C11H13N3OS. The van der Waals surface area contributed by atoms with Gasteiger partial charge in [-0.05, 0) is 18.4 Å². The highest BCUT2D eigenvalue weighted by molar-refractivity contribution is 7.17. The molecule has 3 rings (SSSR count). The Balaban J connectivity index is 2.07. The van der Waals surface area contributed by atoms with Crippen LogP contribution in [0.5, 0.6) is 0 Å². The lowest BCUT2D eigenvalue weighted by Gasteiger charge is -2.34. The van der Waals surface area contributed by atoms with E-state index in [4.69, 9.17) is 4.74 Å². The molecule has 0 N–H and O–H groups in total. The highest BCUT2D eigenvalue weighted by Crippen LogP contribution is 2.29. The molecule has 4 nitrogen and oxygen atoms in total. The molecule has 0 radical (unpaired) electrons. The Bertz CT molecular complexity index is 499.